The van der Waals surface area contributed by atoms with Crippen molar-refractivity contribution < 1.29 is 13.8 Å². The Labute approximate surface area is 122 Å². The van der Waals surface area contributed by atoms with Crippen molar-refractivity contribution in [1.82, 2.24) is 10.9 Å². The third-order valence-electron chi connectivity index (χ3n) is 2.48. The van der Waals surface area contributed by atoms with Crippen LogP contribution in [0.25, 0.3) is 0 Å². The van der Waals surface area contributed by atoms with Gasteiger partial charge in [-0.05, 0) is 35.7 Å². The monoisotopic (exact) mass is 308 g/mol. The van der Waals surface area contributed by atoms with Crippen LogP contribution in [0.4, 0.5) is 0 Å². The highest BCUT2D eigenvalue weighted by Gasteiger charge is 2.09. The lowest BCUT2D eigenvalue weighted by Crippen LogP contribution is -2.41. The van der Waals surface area contributed by atoms with E-state index in [1.165, 1.54) is 11.3 Å². The Bertz CT molecular complexity index is 636. The SMILES string of the molecule is CS(=O)c1ccc(C(=O)NNC(=O)c2cccs2)cc1. The Hall–Kier alpha value is -1.99. The second-order valence-corrected chi connectivity index (χ2v) is 6.19. The second kappa shape index (κ2) is 6.44. The molecule has 0 saturated carbocycles. The van der Waals surface area contributed by atoms with Gasteiger partial charge in [-0.15, -0.1) is 11.3 Å². The summed E-state index contributed by atoms with van der Waals surface area (Å²) in [6.45, 7) is 0. The Morgan fingerprint density at radius 2 is 1.70 bits per heavy atom. The largest absolute Gasteiger partial charge is 0.279 e. The number of benzene rings is 1. The lowest BCUT2D eigenvalue weighted by atomic mass is 10.2. The molecule has 2 aromatic rings. The van der Waals surface area contributed by atoms with Gasteiger partial charge in [-0.1, -0.05) is 6.07 Å². The van der Waals surface area contributed by atoms with E-state index in [0.29, 0.717) is 15.3 Å². The van der Waals surface area contributed by atoms with Crippen LogP contribution < -0.4 is 10.9 Å². The first-order valence-corrected chi connectivity index (χ1v) is 8.09. The summed E-state index contributed by atoms with van der Waals surface area (Å²) in [5.74, 6) is -0.789. The first-order valence-electron chi connectivity index (χ1n) is 5.65. The molecule has 1 aromatic carbocycles. The molecule has 0 aliphatic heterocycles. The van der Waals surface area contributed by atoms with Crippen LogP contribution in [0, 0.1) is 0 Å². The van der Waals surface area contributed by atoms with E-state index in [2.05, 4.69) is 10.9 Å². The van der Waals surface area contributed by atoms with Gasteiger partial charge in [-0.2, -0.15) is 0 Å². The zero-order valence-corrected chi connectivity index (χ0v) is 12.2. The van der Waals surface area contributed by atoms with Crippen molar-refractivity contribution in [2.45, 2.75) is 4.90 Å². The van der Waals surface area contributed by atoms with Crippen LogP contribution in [0.1, 0.15) is 20.0 Å². The maximum absolute atomic E-state index is 11.8. The van der Waals surface area contributed by atoms with Gasteiger partial charge in [0.1, 0.15) is 0 Å². The Morgan fingerprint density at radius 3 is 2.25 bits per heavy atom. The van der Waals surface area contributed by atoms with Crippen LogP contribution in [0.5, 0.6) is 0 Å². The number of carbonyl (C=O) groups is 2. The molecule has 0 aliphatic rings. The third-order valence-corrected chi connectivity index (χ3v) is 4.29. The van der Waals surface area contributed by atoms with Gasteiger partial charge in [0.15, 0.2) is 0 Å². The zero-order valence-electron chi connectivity index (χ0n) is 10.6. The fourth-order valence-corrected chi connectivity index (χ4v) is 2.59. The highest BCUT2D eigenvalue weighted by Crippen LogP contribution is 2.08. The lowest BCUT2D eigenvalue weighted by molar-refractivity contribution is 0.0849. The zero-order chi connectivity index (χ0) is 14.5. The quantitative estimate of drug-likeness (QED) is 0.845. The maximum atomic E-state index is 11.8. The molecule has 20 heavy (non-hydrogen) atoms. The standard InChI is InChI=1S/C13H12N2O3S2/c1-20(18)10-6-4-9(5-7-10)12(16)14-15-13(17)11-3-2-8-19-11/h2-8H,1H3,(H,14,16)(H,15,17). The lowest BCUT2D eigenvalue weighted by Gasteiger charge is -2.06. The predicted octanol–water partition coefficient (Wildman–Crippen LogP) is 1.56. The van der Waals surface area contributed by atoms with Crippen LogP contribution >= 0.6 is 11.3 Å². The van der Waals surface area contributed by atoms with E-state index in [9.17, 15) is 13.8 Å². The number of carbonyl (C=O) groups excluding carboxylic acids is 2. The summed E-state index contributed by atoms with van der Waals surface area (Å²) in [7, 11) is -1.08. The summed E-state index contributed by atoms with van der Waals surface area (Å²) in [6, 6.07) is 9.77. The van der Waals surface area contributed by atoms with E-state index in [4.69, 9.17) is 0 Å². The third kappa shape index (κ3) is 3.52. The molecule has 1 heterocycles. The molecule has 2 amide bonds. The van der Waals surface area contributed by atoms with Crippen molar-refractivity contribution in [3.05, 3.63) is 52.2 Å². The van der Waals surface area contributed by atoms with Gasteiger partial charge in [0.25, 0.3) is 11.8 Å². The molecule has 1 atom stereocenters. The van der Waals surface area contributed by atoms with Crippen LogP contribution in [0.3, 0.4) is 0 Å². The Balaban J connectivity index is 1.95. The van der Waals surface area contributed by atoms with E-state index in [1.807, 2.05) is 0 Å². The van der Waals surface area contributed by atoms with Crippen LogP contribution in [0.15, 0.2) is 46.7 Å². The first-order chi connectivity index (χ1) is 9.58. The highest BCUT2D eigenvalue weighted by molar-refractivity contribution is 7.84. The molecule has 0 radical (unpaired) electrons. The summed E-state index contributed by atoms with van der Waals surface area (Å²) < 4.78 is 11.2. The fraction of sp³-hybridized carbons (Fsp3) is 0.0769. The number of thiophene rings is 1. The molecule has 2 rings (SSSR count). The molecule has 1 unspecified atom stereocenters. The Kier molecular flexibility index (Phi) is 4.65. The van der Waals surface area contributed by atoms with Crippen molar-refractivity contribution in [1.29, 1.82) is 0 Å². The van der Waals surface area contributed by atoms with Gasteiger partial charge in [0, 0.05) is 27.5 Å². The minimum atomic E-state index is -1.08. The molecule has 0 saturated heterocycles. The normalized spacial score (nSPS) is 11.7. The van der Waals surface area contributed by atoms with Gasteiger partial charge in [-0.3, -0.25) is 24.6 Å². The van der Waals surface area contributed by atoms with Crippen LogP contribution in [0.2, 0.25) is 0 Å². The highest BCUT2D eigenvalue weighted by atomic mass is 32.2. The molecule has 5 nitrogen and oxygen atoms in total. The van der Waals surface area contributed by atoms with Gasteiger partial charge >= 0.3 is 0 Å². The summed E-state index contributed by atoms with van der Waals surface area (Å²) >= 11 is 1.29. The van der Waals surface area contributed by atoms with E-state index in [1.54, 1.807) is 48.0 Å². The van der Waals surface area contributed by atoms with E-state index >= 15 is 0 Å². The van der Waals surface area contributed by atoms with Gasteiger partial charge in [-0.25, -0.2) is 0 Å². The first kappa shape index (κ1) is 14.4. The summed E-state index contributed by atoms with van der Waals surface area (Å²) in [5.41, 5.74) is 5.04. The van der Waals surface area contributed by atoms with Crippen molar-refractivity contribution in [2.24, 2.45) is 0 Å². The molecule has 0 spiro atoms. The molecular formula is C13H12N2O3S2. The number of hydrogen-bond acceptors (Lipinski definition) is 4. The summed E-state index contributed by atoms with van der Waals surface area (Å²) in [6.07, 6.45) is 1.57. The molecular weight excluding hydrogens is 296 g/mol. The average molecular weight is 308 g/mol. The van der Waals surface area contributed by atoms with E-state index in [-0.39, 0.29) is 5.91 Å². The topological polar surface area (TPSA) is 75.3 Å². The van der Waals surface area contributed by atoms with Gasteiger partial charge in [0.2, 0.25) is 0 Å². The molecule has 1 aromatic heterocycles. The van der Waals surface area contributed by atoms with Crippen molar-refractivity contribution >= 4 is 34.0 Å². The number of amides is 2. The molecule has 0 bridgehead atoms. The molecule has 2 N–H and O–H groups in total. The summed E-state index contributed by atoms with van der Waals surface area (Å²) in [4.78, 5) is 24.6. The van der Waals surface area contributed by atoms with Gasteiger partial charge < -0.3 is 0 Å². The molecule has 7 heteroatoms. The van der Waals surface area contributed by atoms with Crippen molar-refractivity contribution in [2.75, 3.05) is 6.26 Å². The number of hydrogen-bond donors (Lipinski definition) is 2. The second-order valence-electron chi connectivity index (χ2n) is 3.86. The van der Waals surface area contributed by atoms with E-state index in [0.717, 1.165) is 0 Å². The van der Waals surface area contributed by atoms with Gasteiger partial charge in [0.05, 0.1) is 4.88 Å². The predicted molar refractivity (Wildman–Crippen MR) is 78.0 cm³/mol. The summed E-state index contributed by atoms with van der Waals surface area (Å²) in [5, 5.41) is 1.78. The van der Waals surface area contributed by atoms with Crippen LogP contribution in [-0.2, 0) is 10.8 Å². The minimum Gasteiger partial charge on any atom is -0.267 e. The number of hydrazine groups is 1. The van der Waals surface area contributed by atoms with Crippen molar-refractivity contribution in [3.8, 4) is 0 Å². The fourth-order valence-electron chi connectivity index (χ4n) is 1.45. The maximum Gasteiger partial charge on any atom is 0.279 e. The number of rotatable bonds is 3. The molecule has 0 fully saturated rings. The van der Waals surface area contributed by atoms with E-state index < -0.39 is 16.7 Å². The van der Waals surface area contributed by atoms with Crippen LogP contribution in [-0.4, -0.2) is 22.3 Å². The minimum absolute atomic E-state index is 0.361. The number of nitrogens with one attached hydrogen (secondary N) is 2. The average Bonchev–Trinajstić information content (AvgIpc) is 2.98. The molecule has 0 aliphatic carbocycles. The van der Waals surface area contributed by atoms with Crippen molar-refractivity contribution in [3.63, 3.8) is 0 Å². The smallest absolute Gasteiger partial charge is 0.267 e. The Morgan fingerprint density at radius 1 is 1.05 bits per heavy atom. The molecule has 104 valence electrons.